The predicted octanol–water partition coefficient (Wildman–Crippen LogP) is 3.90. The summed E-state index contributed by atoms with van der Waals surface area (Å²) in [5.41, 5.74) is 2.35. The van der Waals surface area contributed by atoms with Gasteiger partial charge in [-0.05, 0) is 55.0 Å². The van der Waals surface area contributed by atoms with Gasteiger partial charge in [-0.15, -0.1) is 28.3 Å². The number of aromatic nitrogens is 2. The molecular formula is C24H24BrN3O3S. The van der Waals surface area contributed by atoms with Crippen molar-refractivity contribution in [3.63, 3.8) is 0 Å². The number of rotatable bonds is 3. The van der Waals surface area contributed by atoms with E-state index >= 15 is 0 Å². The van der Waals surface area contributed by atoms with Crippen LogP contribution >= 0.6 is 28.3 Å². The van der Waals surface area contributed by atoms with E-state index in [0.29, 0.717) is 40.8 Å². The fraction of sp³-hybridized carbons (Fsp3) is 0.333. The Labute approximate surface area is 198 Å². The van der Waals surface area contributed by atoms with Crippen molar-refractivity contribution in [2.75, 3.05) is 6.54 Å². The average Bonchev–Trinajstić information content (AvgIpc) is 3.36. The summed E-state index contributed by atoms with van der Waals surface area (Å²) in [6.45, 7) is 1.30. The smallest absolute Gasteiger partial charge is 0.328 e. The number of hydrogen-bond acceptors (Lipinski definition) is 5. The van der Waals surface area contributed by atoms with Crippen LogP contribution in [-0.2, 0) is 13.0 Å². The lowest BCUT2D eigenvalue weighted by molar-refractivity contribution is 0.381. The molecule has 3 atom stereocenters. The van der Waals surface area contributed by atoms with Gasteiger partial charge in [0.05, 0.1) is 5.52 Å². The number of fused-ring (bicyclic) bond motifs is 6. The Balaban J connectivity index is 0.00000216. The fourth-order valence-electron chi connectivity index (χ4n) is 5.61. The number of nitrogens with zero attached hydrogens (tertiary/aromatic N) is 1. The van der Waals surface area contributed by atoms with Gasteiger partial charge >= 0.3 is 5.69 Å². The van der Waals surface area contributed by atoms with Gasteiger partial charge in [0, 0.05) is 28.6 Å². The molecule has 4 aromatic rings. The van der Waals surface area contributed by atoms with Crippen LogP contribution in [0.15, 0.2) is 52.1 Å². The van der Waals surface area contributed by atoms with Crippen molar-refractivity contribution in [2.24, 2.45) is 5.92 Å². The maximum atomic E-state index is 13.1. The van der Waals surface area contributed by atoms with E-state index in [9.17, 15) is 14.7 Å². The van der Waals surface area contributed by atoms with Gasteiger partial charge in [0.1, 0.15) is 10.4 Å². The molecule has 1 fully saturated rings. The minimum Gasteiger partial charge on any atom is -0.508 e. The molecule has 3 N–H and O–H groups in total. The van der Waals surface area contributed by atoms with E-state index in [1.54, 1.807) is 6.07 Å². The van der Waals surface area contributed by atoms with Gasteiger partial charge in [-0.1, -0.05) is 30.3 Å². The van der Waals surface area contributed by atoms with Crippen molar-refractivity contribution in [1.82, 2.24) is 14.9 Å². The Bertz CT molecular complexity index is 1440. The normalized spacial score (nSPS) is 21.9. The Morgan fingerprint density at radius 2 is 1.97 bits per heavy atom. The topological polar surface area (TPSA) is 87.1 Å². The molecule has 2 aliphatic rings. The van der Waals surface area contributed by atoms with Crippen LogP contribution in [0.4, 0.5) is 0 Å². The third-order valence-electron chi connectivity index (χ3n) is 7.07. The lowest BCUT2D eigenvalue weighted by atomic mass is 9.73. The van der Waals surface area contributed by atoms with Gasteiger partial charge < -0.3 is 15.4 Å². The first-order valence-corrected chi connectivity index (χ1v) is 11.6. The standard InChI is InChI=1S/C24H23N3O3S.BrH/c28-18-6-3-5-15-14(18)9-8-13-12-25-17(20(13)15)10-11-27-23(29)22-21(26-24(27)30)16-4-1-2-7-19(16)31-22;/h1-7,13,17,20,25,28H,8-12H2,(H,26,30);1H/t13-,17?,20+;/m0./s1. The van der Waals surface area contributed by atoms with Crippen LogP contribution in [-0.4, -0.2) is 27.2 Å². The Hall–Kier alpha value is -2.42. The molecule has 1 aliphatic carbocycles. The summed E-state index contributed by atoms with van der Waals surface area (Å²) in [6.07, 6.45) is 2.64. The second kappa shape index (κ2) is 8.17. The van der Waals surface area contributed by atoms with Gasteiger partial charge in [0.25, 0.3) is 5.56 Å². The monoisotopic (exact) mass is 513 g/mol. The molecule has 2 aromatic carbocycles. The van der Waals surface area contributed by atoms with Crippen LogP contribution in [0.3, 0.4) is 0 Å². The van der Waals surface area contributed by atoms with E-state index in [-0.39, 0.29) is 34.3 Å². The molecule has 0 saturated carbocycles. The number of phenols is 1. The first-order chi connectivity index (χ1) is 15.1. The molecule has 6 rings (SSSR count). The fourth-order valence-corrected chi connectivity index (χ4v) is 6.71. The molecule has 0 radical (unpaired) electrons. The molecule has 2 aromatic heterocycles. The highest BCUT2D eigenvalue weighted by Crippen LogP contribution is 2.44. The molecular weight excluding hydrogens is 490 g/mol. The number of thiophene rings is 1. The molecule has 1 aliphatic heterocycles. The van der Waals surface area contributed by atoms with E-state index in [1.165, 1.54) is 21.5 Å². The van der Waals surface area contributed by atoms with Crippen LogP contribution < -0.4 is 16.6 Å². The lowest BCUT2D eigenvalue weighted by Gasteiger charge is -2.31. The maximum Gasteiger partial charge on any atom is 0.328 e. The van der Waals surface area contributed by atoms with Crippen LogP contribution in [0.1, 0.15) is 29.9 Å². The maximum absolute atomic E-state index is 13.1. The quantitative estimate of drug-likeness (QED) is 0.387. The Morgan fingerprint density at radius 1 is 1.12 bits per heavy atom. The van der Waals surface area contributed by atoms with Crippen molar-refractivity contribution < 1.29 is 5.11 Å². The number of aromatic amines is 1. The SMILES string of the molecule is Br.O=c1[nH]c2c(sc3ccccc32)c(=O)n1CCC1NC[C@@H]2CCc3c(O)cccc3[C@H]12. The first-order valence-electron chi connectivity index (χ1n) is 10.8. The summed E-state index contributed by atoms with van der Waals surface area (Å²) >= 11 is 1.43. The summed E-state index contributed by atoms with van der Waals surface area (Å²) in [4.78, 5) is 28.9. The minimum absolute atomic E-state index is 0. The zero-order chi connectivity index (χ0) is 21.1. The third-order valence-corrected chi connectivity index (χ3v) is 8.23. The molecule has 1 saturated heterocycles. The average molecular weight is 514 g/mol. The largest absolute Gasteiger partial charge is 0.508 e. The Morgan fingerprint density at radius 3 is 2.84 bits per heavy atom. The minimum atomic E-state index is -0.350. The first kappa shape index (κ1) is 21.4. The highest BCUT2D eigenvalue weighted by Gasteiger charge is 2.40. The highest BCUT2D eigenvalue weighted by molar-refractivity contribution is 8.93. The summed E-state index contributed by atoms with van der Waals surface area (Å²) in [5.74, 6) is 1.21. The summed E-state index contributed by atoms with van der Waals surface area (Å²) in [6, 6.07) is 13.7. The van der Waals surface area contributed by atoms with Gasteiger partial charge in [0.2, 0.25) is 0 Å². The second-order valence-electron chi connectivity index (χ2n) is 8.66. The van der Waals surface area contributed by atoms with E-state index in [2.05, 4.69) is 16.4 Å². The number of benzene rings is 2. The van der Waals surface area contributed by atoms with Crippen molar-refractivity contribution >= 4 is 48.6 Å². The molecule has 0 spiro atoms. The summed E-state index contributed by atoms with van der Waals surface area (Å²) < 4.78 is 2.95. The number of halogens is 1. The molecule has 32 heavy (non-hydrogen) atoms. The zero-order valence-corrected chi connectivity index (χ0v) is 19.9. The van der Waals surface area contributed by atoms with Crippen LogP contribution in [0.5, 0.6) is 5.75 Å². The van der Waals surface area contributed by atoms with E-state index in [1.807, 2.05) is 30.3 Å². The van der Waals surface area contributed by atoms with Gasteiger partial charge in [0.15, 0.2) is 0 Å². The molecule has 3 heterocycles. The third kappa shape index (κ3) is 3.24. The molecule has 0 amide bonds. The predicted molar refractivity (Wildman–Crippen MR) is 134 cm³/mol. The highest BCUT2D eigenvalue weighted by atomic mass is 79.9. The second-order valence-corrected chi connectivity index (χ2v) is 9.71. The number of hydrogen-bond donors (Lipinski definition) is 3. The molecule has 0 bridgehead atoms. The number of nitrogens with one attached hydrogen (secondary N) is 2. The van der Waals surface area contributed by atoms with Crippen molar-refractivity contribution in [3.05, 3.63) is 74.4 Å². The van der Waals surface area contributed by atoms with E-state index < -0.39 is 0 Å². The molecule has 1 unspecified atom stereocenters. The van der Waals surface area contributed by atoms with Crippen LogP contribution in [0, 0.1) is 5.92 Å². The van der Waals surface area contributed by atoms with Gasteiger partial charge in [-0.3, -0.25) is 9.36 Å². The van der Waals surface area contributed by atoms with Crippen molar-refractivity contribution in [3.8, 4) is 5.75 Å². The number of H-pyrrole nitrogens is 1. The molecule has 166 valence electrons. The summed E-state index contributed by atoms with van der Waals surface area (Å²) in [7, 11) is 0. The van der Waals surface area contributed by atoms with Crippen LogP contribution in [0.2, 0.25) is 0 Å². The lowest BCUT2D eigenvalue weighted by Crippen LogP contribution is -2.37. The molecule has 8 heteroatoms. The van der Waals surface area contributed by atoms with Crippen molar-refractivity contribution in [1.29, 1.82) is 0 Å². The summed E-state index contributed by atoms with van der Waals surface area (Å²) in [5, 5.41) is 14.8. The Kier molecular flexibility index (Phi) is 5.47. The molecule has 6 nitrogen and oxygen atoms in total. The van der Waals surface area contributed by atoms with E-state index in [4.69, 9.17) is 0 Å². The number of phenolic OH excluding ortho intramolecular Hbond substituents is 1. The van der Waals surface area contributed by atoms with Gasteiger partial charge in [-0.25, -0.2) is 4.79 Å². The van der Waals surface area contributed by atoms with Crippen molar-refractivity contribution in [2.45, 2.75) is 37.8 Å². The number of aromatic hydroxyl groups is 1. The zero-order valence-electron chi connectivity index (χ0n) is 17.3. The van der Waals surface area contributed by atoms with E-state index in [0.717, 1.165) is 35.0 Å². The van der Waals surface area contributed by atoms with Gasteiger partial charge in [-0.2, -0.15) is 0 Å². The van der Waals surface area contributed by atoms with Crippen LogP contribution in [0.25, 0.3) is 20.3 Å².